The Hall–Kier alpha value is -3.80. The summed E-state index contributed by atoms with van der Waals surface area (Å²) >= 11 is 4.90. The number of anilines is 1. The minimum Gasteiger partial charge on any atom is -0.506 e. The van der Waals surface area contributed by atoms with Gasteiger partial charge in [-0.25, -0.2) is 0 Å². The van der Waals surface area contributed by atoms with E-state index in [4.69, 9.17) is 17.0 Å². The fourth-order valence-electron chi connectivity index (χ4n) is 1.87. The van der Waals surface area contributed by atoms with E-state index in [0.29, 0.717) is 0 Å². The fourth-order valence-corrected chi connectivity index (χ4v) is 2.09. The molecule has 0 saturated carbocycles. The van der Waals surface area contributed by atoms with Gasteiger partial charge < -0.3 is 15.2 Å². The summed E-state index contributed by atoms with van der Waals surface area (Å²) in [5.41, 5.74) is -0.439. The van der Waals surface area contributed by atoms with Gasteiger partial charge in [0.05, 0.1) is 15.5 Å². The van der Waals surface area contributed by atoms with Crippen molar-refractivity contribution >= 4 is 40.3 Å². The van der Waals surface area contributed by atoms with Crippen molar-refractivity contribution in [2.45, 2.75) is 0 Å². The van der Waals surface area contributed by atoms with Gasteiger partial charge >= 0.3 is 0 Å². The van der Waals surface area contributed by atoms with Crippen molar-refractivity contribution in [3.63, 3.8) is 0 Å². The summed E-state index contributed by atoms with van der Waals surface area (Å²) in [6.07, 6.45) is 0. The Bertz CT molecular complexity index is 902. The van der Waals surface area contributed by atoms with Gasteiger partial charge in [0.15, 0.2) is 11.7 Å². The Morgan fingerprint density at radius 1 is 1.07 bits per heavy atom. The van der Waals surface area contributed by atoms with Crippen molar-refractivity contribution < 1.29 is 24.5 Å². The molecule has 1 amide bonds. The monoisotopic (exact) mass is 392 g/mol. The molecule has 2 aromatic carbocycles. The number of ether oxygens (including phenoxy) is 1. The first-order valence-corrected chi connectivity index (χ1v) is 7.62. The van der Waals surface area contributed by atoms with Crippen molar-refractivity contribution in [2.24, 2.45) is 0 Å². The van der Waals surface area contributed by atoms with Gasteiger partial charge in [-0.15, -0.1) is 0 Å². The van der Waals surface area contributed by atoms with Crippen LogP contribution >= 0.6 is 12.2 Å². The van der Waals surface area contributed by atoms with E-state index in [1.165, 1.54) is 24.3 Å². The van der Waals surface area contributed by atoms with Crippen LogP contribution in [0.5, 0.6) is 11.5 Å². The summed E-state index contributed by atoms with van der Waals surface area (Å²) in [7, 11) is 0. The van der Waals surface area contributed by atoms with Crippen LogP contribution in [0.1, 0.15) is 0 Å². The standard InChI is InChI=1S/C15H12N4O7S/c20-13-6-3-10(19(24)25)7-12(13)16-15(27)17-14(21)8-26-11-4-1-9(2-5-11)18(22)23/h1-7,20H,8H2,(H2,16,17,21,27). The summed E-state index contributed by atoms with van der Waals surface area (Å²) in [4.78, 5) is 31.9. The first kappa shape index (κ1) is 19.5. The van der Waals surface area contributed by atoms with Crippen LogP contribution in [0.4, 0.5) is 17.1 Å². The van der Waals surface area contributed by atoms with E-state index in [1.54, 1.807) is 0 Å². The number of hydrogen-bond acceptors (Lipinski definition) is 8. The lowest BCUT2D eigenvalue weighted by molar-refractivity contribution is -0.385. The Kier molecular flexibility index (Phi) is 6.17. The molecule has 0 spiro atoms. The van der Waals surface area contributed by atoms with Gasteiger partial charge in [-0.1, -0.05) is 0 Å². The number of amides is 1. The number of nitro groups is 2. The second-order valence-corrected chi connectivity index (χ2v) is 5.41. The topological polar surface area (TPSA) is 157 Å². The number of carbonyl (C=O) groups is 1. The molecule has 3 N–H and O–H groups in total. The van der Waals surface area contributed by atoms with Crippen LogP contribution in [0.3, 0.4) is 0 Å². The van der Waals surface area contributed by atoms with Crippen molar-refractivity contribution in [2.75, 3.05) is 11.9 Å². The minimum absolute atomic E-state index is 0.0502. The Morgan fingerprint density at radius 2 is 1.67 bits per heavy atom. The van der Waals surface area contributed by atoms with Crippen molar-refractivity contribution in [3.8, 4) is 11.5 Å². The predicted molar refractivity (Wildman–Crippen MR) is 97.7 cm³/mol. The highest BCUT2D eigenvalue weighted by Gasteiger charge is 2.13. The van der Waals surface area contributed by atoms with Crippen LogP contribution in [0, 0.1) is 20.2 Å². The summed E-state index contributed by atoms with van der Waals surface area (Å²) in [5.74, 6) is -0.693. The van der Waals surface area contributed by atoms with E-state index in [1.807, 2.05) is 0 Å². The number of nitrogens with zero attached hydrogens (tertiary/aromatic N) is 2. The van der Waals surface area contributed by atoms with E-state index in [9.17, 15) is 30.1 Å². The molecule has 0 unspecified atom stereocenters. The molecule has 11 nitrogen and oxygen atoms in total. The maximum atomic E-state index is 11.8. The first-order chi connectivity index (χ1) is 12.8. The van der Waals surface area contributed by atoms with Gasteiger partial charge in [-0.2, -0.15) is 0 Å². The van der Waals surface area contributed by atoms with E-state index >= 15 is 0 Å². The summed E-state index contributed by atoms with van der Waals surface area (Å²) in [6, 6.07) is 8.41. The summed E-state index contributed by atoms with van der Waals surface area (Å²) in [6.45, 7) is -0.430. The molecule has 140 valence electrons. The number of nitrogens with one attached hydrogen (secondary N) is 2. The normalized spacial score (nSPS) is 9.93. The number of non-ortho nitro benzene ring substituents is 2. The molecule has 2 aromatic rings. The highest BCUT2D eigenvalue weighted by atomic mass is 32.1. The van der Waals surface area contributed by atoms with E-state index in [2.05, 4.69) is 10.6 Å². The van der Waals surface area contributed by atoms with Crippen LogP contribution in [-0.2, 0) is 4.79 Å². The molecular formula is C15H12N4O7S. The number of nitro benzene ring substituents is 2. The third kappa shape index (κ3) is 5.61. The molecule has 0 atom stereocenters. The third-order valence-corrected chi connectivity index (χ3v) is 3.31. The van der Waals surface area contributed by atoms with E-state index in [-0.39, 0.29) is 33.7 Å². The van der Waals surface area contributed by atoms with Crippen molar-refractivity contribution in [1.29, 1.82) is 0 Å². The molecule has 2 rings (SSSR count). The molecule has 12 heteroatoms. The molecule has 0 aliphatic carbocycles. The second kappa shape index (κ2) is 8.53. The molecule has 0 heterocycles. The number of rotatable bonds is 6. The molecule has 0 bridgehead atoms. The molecule has 0 aliphatic rings. The zero-order valence-electron chi connectivity index (χ0n) is 13.4. The number of carbonyl (C=O) groups excluding carboxylic acids is 1. The van der Waals surface area contributed by atoms with Crippen LogP contribution in [-0.4, -0.2) is 32.6 Å². The van der Waals surface area contributed by atoms with Gasteiger partial charge in [-0.05, 0) is 30.4 Å². The fraction of sp³-hybridized carbons (Fsp3) is 0.0667. The molecule has 0 aliphatic heterocycles. The van der Waals surface area contributed by atoms with Crippen molar-refractivity contribution in [1.82, 2.24) is 5.32 Å². The summed E-state index contributed by atoms with van der Waals surface area (Å²) in [5, 5.41) is 35.5. The second-order valence-electron chi connectivity index (χ2n) is 5.00. The van der Waals surface area contributed by atoms with E-state index in [0.717, 1.165) is 18.2 Å². The predicted octanol–water partition coefficient (Wildman–Crippen LogP) is 2.10. The lowest BCUT2D eigenvalue weighted by Crippen LogP contribution is -2.37. The summed E-state index contributed by atoms with van der Waals surface area (Å²) < 4.78 is 5.17. The smallest absolute Gasteiger partial charge is 0.271 e. The quantitative estimate of drug-likeness (QED) is 0.290. The number of benzene rings is 2. The molecule has 0 fully saturated rings. The highest BCUT2D eigenvalue weighted by Crippen LogP contribution is 2.27. The van der Waals surface area contributed by atoms with Crippen molar-refractivity contribution in [3.05, 3.63) is 62.7 Å². The number of thiocarbonyl (C=S) groups is 1. The average molecular weight is 392 g/mol. The molecular weight excluding hydrogens is 380 g/mol. The lowest BCUT2D eigenvalue weighted by atomic mass is 10.2. The number of aromatic hydroxyl groups is 1. The number of phenolic OH excluding ortho intramolecular Hbond substituents is 1. The van der Waals surface area contributed by atoms with Crippen LogP contribution in [0.2, 0.25) is 0 Å². The van der Waals surface area contributed by atoms with Crippen LogP contribution in [0.15, 0.2) is 42.5 Å². The molecule has 0 saturated heterocycles. The Balaban J connectivity index is 1.88. The molecule has 0 radical (unpaired) electrons. The Labute approximate surface area is 156 Å². The zero-order chi connectivity index (χ0) is 20.0. The van der Waals surface area contributed by atoms with Crippen LogP contribution in [0.25, 0.3) is 0 Å². The van der Waals surface area contributed by atoms with Gasteiger partial charge in [0.25, 0.3) is 17.3 Å². The maximum absolute atomic E-state index is 11.8. The number of hydrogen-bond donors (Lipinski definition) is 3. The van der Waals surface area contributed by atoms with Gasteiger partial charge in [0.1, 0.15) is 11.5 Å². The zero-order valence-corrected chi connectivity index (χ0v) is 14.3. The highest BCUT2D eigenvalue weighted by molar-refractivity contribution is 7.80. The average Bonchev–Trinajstić information content (AvgIpc) is 2.62. The Morgan fingerprint density at radius 3 is 2.26 bits per heavy atom. The lowest BCUT2D eigenvalue weighted by Gasteiger charge is -2.11. The first-order valence-electron chi connectivity index (χ1n) is 7.22. The third-order valence-electron chi connectivity index (χ3n) is 3.11. The largest absolute Gasteiger partial charge is 0.506 e. The SMILES string of the molecule is O=C(COc1ccc([N+](=O)[O-])cc1)NC(=S)Nc1cc([N+](=O)[O-])ccc1O. The number of phenols is 1. The molecule has 27 heavy (non-hydrogen) atoms. The van der Waals surface area contributed by atoms with E-state index < -0.39 is 22.4 Å². The van der Waals surface area contributed by atoms with Crippen LogP contribution < -0.4 is 15.4 Å². The minimum atomic E-state index is -0.649. The van der Waals surface area contributed by atoms with Gasteiger partial charge in [0, 0.05) is 24.3 Å². The van der Waals surface area contributed by atoms with Gasteiger partial charge in [-0.3, -0.25) is 30.3 Å². The molecule has 0 aromatic heterocycles. The maximum Gasteiger partial charge on any atom is 0.271 e. The van der Waals surface area contributed by atoms with Gasteiger partial charge in [0.2, 0.25) is 0 Å².